The third-order valence-electron chi connectivity index (χ3n) is 8.10. The first-order valence-corrected chi connectivity index (χ1v) is 18.3. The van der Waals surface area contributed by atoms with Crippen molar-refractivity contribution in [2.24, 2.45) is 0 Å². The average Bonchev–Trinajstić information content (AvgIpc) is 3.37. The molecule has 13 nitrogen and oxygen atoms in total. The van der Waals surface area contributed by atoms with Gasteiger partial charge in [0.15, 0.2) is 6.23 Å². The largest absolute Gasteiger partial charge is 0.497 e. The zero-order valence-corrected chi connectivity index (χ0v) is 31.5. The number of hydrogen-bond acceptors (Lipinski definition) is 11. The summed E-state index contributed by atoms with van der Waals surface area (Å²) >= 11 is 0. The summed E-state index contributed by atoms with van der Waals surface area (Å²) in [6, 6.07) is 25.5. The molecular weight excluding hydrogens is 691 g/mol. The number of aromatic nitrogens is 2. The SMILES string of the molecule is COc1ccc(C(OC[C@H]2O[C@@H](n3ccc(=O)[nH]c3=O)[C@H](OP(=O)(OC(C)(C)C)OC(C)(C)C)[C@@H]2O)(c2ccccc2)c2ccc(OC)cc2)cc1. The zero-order chi connectivity index (χ0) is 37.9. The number of methoxy groups -OCH3 is 2. The van der Waals surface area contributed by atoms with E-state index in [9.17, 15) is 19.3 Å². The number of aromatic amines is 1. The summed E-state index contributed by atoms with van der Waals surface area (Å²) in [4.78, 5) is 27.3. The molecule has 4 atom stereocenters. The van der Waals surface area contributed by atoms with Gasteiger partial charge in [0.1, 0.15) is 35.4 Å². The highest BCUT2D eigenvalue weighted by Crippen LogP contribution is 2.58. The van der Waals surface area contributed by atoms with E-state index in [0.717, 1.165) is 27.3 Å². The summed E-state index contributed by atoms with van der Waals surface area (Å²) in [7, 11) is -1.30. The molecule has 52 heavy (non-hydrogen) atoms. The molecule has 0 aliphatic carbocycles. The van der Waals surface area contributed by atoms with Crippen LogP contribution in [0.2, 0.25) is 0 Å². The summed E-state index contributed by atoms with van der Waals surface area (Å²) in [5, 5.41) is 11.9. The van der Waals surface area contributed by atoms with Crippen molar-refractivity contribution in [3.05, 3.63) is 129 Å². The van der Waals surface area contributed by atoms with Crippen LogP contribution in [-0.2, 0) is 33.2 Å². The Morgan fingerprint density at radius 3 is 1.73 bits per heavy atom. The van der Waals surface area contributed by atoms with Gasteiger partial charge in [-0.2, -0.15) is 0 Å². The molecule has 0 unspecified atom stereocenters. The smallest absolute Gasteiger partial charge is 0.476 e. The Kier molecular flexibility index (Phi) is 11.7. The number of benzene rings is 3. The van der Waals surface area contributed by atoms with Crippen molar-refractivity contribution in [2.75, 3.05) is 20.8 Å². The number of rotatable bonds is 13. The van der Waals surface area contributed by atoms with Gasteiger partial charge in [-0.3, -0.25) is 27.9 Å². The van der Waals surface area contributed by atoms with Crippen molar-refractivity contribution in [1.82, 2.24) is 9.55 Å². The number of nitrogens with zero attached hydrogens (tertiary/aromatic N) is 1. The monoisotopic (exact) mass is 738 g/mol. The first kappa shape index (κ1) is 39.1. The number of ether oxygens (including phenoxy) is 4. The van der Waals surface area contributed by atoms with Crippen molar-refractivity contribution >= 4 is 7.82 Å². The van der Waals surface area contributed by atoms with Crippen LogP contribution in [0.4, 0.5) is 0 Å². The number of nitrogens with one attached hydrogen (secondary N) is 1. The lowest BCUT2D eigenvalue weighted by molar-refractivity contribution is -0.0964. The molecule has 1 aliphatic rings. The highest BCUT2D eigenvalue weighted by atomic mass is 31.2. The molecule has 0 radical (unpaired) electrons. The molecule has 0 amide bonds. The van der Waals surface area contributed by atoms with Gasteiger partial charge in [-0.15, -0.1) is 0 Å². The van der Waals surface area contributed by atoms with E-state index in [4.69, 9.17) is 32.5 Å². The van der Waals surface area contributed by atoms with Crippen molar-refractivity contribution in [3.8, 4) is 11.5 Å². The predicted octanol–water partition coefficient (Wildman–Crippen LogP) is 5.94. The molecule has 0 saturated carbocycles. The van der Waals surface area contributed by atoms with Crippen LogP contribution < -0.4 is 20.7 Å². The van der Waals surface area contributed by atoms with Crippen LogP contribution >= 0.6 is 7.82 Å². The fourth-order valence-corrected chi connectivity index (χ4v) is 7.98. The lowest BCUT2D eigenvalue weighted by atomic mass is 9.80. The average molecular weight is 739 g/mol. The minimum atomic E-state index is -4.46. The van der Waals surface area contributed by atoms with Crippen LogP contribution in [0.1, 0.15) is 64.5 Å². The van der Waals surface area contributed by atoms with E-state index >= 15 is 0 Å². The molecule has 5 rings (SSSR count). The Labute approximate surface area is 303 Å². The molecule has 1 aromatic heterocycles. The van der Waals surface area contributed by atoms with Crippen LogP contribution in [0.5, 0.6) is 11.5 Å². The Morgan fingerprint density at radius 1 is 0.769 bits per heavy atom. The second-order valence-electron chi connectivity index (χ2n) is 14.3. The van der Waals surface area contributed by atoms with E-state index in [1.54, 1.807) is 55.8 Å². The summed E-state index contributed by atoms with van der Waals surface area (Å²) in [6.45, 7) is 9.82. The molecule has 1 saturated heterocycles. The molecular formula is C38H47N2O11P. The molecule has 280 valence electrons. The highest BCUT2D eigenvalue weighted by Gasteiger charge is 2.52. The molecule has 4 aromatic rings. The highest BCUT2D eigenvalue weighted by molar-refractivity contribution is 7.48. The fraction of sp³-hybridized carbons (Fsp3) is 0.421. The second kappa shape index (κ2) is 15.5. The van der Waals surface area contributed by atoms with Gasteiger partial charge in [-0.25, -0.2) is 9.36 Å². The van der Waals surface area contributed by atoms with Crippen molar-refractivity contribution < 1.29 is 42.2 Å². The summed E-state index contributed by atoms with van der Waals surface area (Å²) in [6.07, 6.45) is -4.36. The van der Waals surface area contributed by atoms with E-state index in [1.807, 2.05) is 78.9 Å². The van der Waals surface area contributed by atoms with E-state index in [-0.39, 0.29) is 6.61 Å². The van der Waals surface area contributed by atoms with Gasteiger partial charge in [0.2, 0.25) is 0 Å². The third-order valence-corrected chi connectivity index (χ3v) is 10.1. The maximum atomic E-state index is 14.3. The number of aliphatic hydroxyl groups excluding tert-OH is 1. The van der Waals surface area contributed by atoms with Gasteiger partial charge in [0.05, 0.1) is 32.0 Å². The van der Waals surface area contributed by atoms with Crippen LogP contribution in [0, 0.1) is 0 Å². The number of hydrogen-bond donors (Lipinski definition) is 2. The van der Waals surface area contributed by atoms with Gasteiger partial charge in [-0.1, -0.05) is 54.6 Å². The quantitative estimate of drug-likeness (QED) is 0.124. The van der Waals surface area contributed by atoms with E-state index in [0.29, 0.717) is 11.5 Å². The van der Waals surface area contributed by atoms with Crippen molar-refractivity contribution in [2.45, 2.75) is 82.9 Å². The van der Waals surface area contributed by atoms with Gasteiger partial charge in [-0.05, 0) is 82.5 Å². The van der Waals surface area contributed by atoms with Crippen LogP contribution in [0.25, 0.3) is 0 Å². The van der Waals surface area contributed by atoms with Crippen LogP contribution in [-0.4, -0.2) is 65.0 Å². The van der Waals surface area contributed by atoms with Crippen LogP contribution in [0.3, 0.4) is 0 Å². The predicted molar refractivity (Wildman–Crippen MR) is 194 cm³/mol. The molecule has 1 aliphatic heterocycles. The Morgan fingerprint density at radius 2 is 1.27 bits per heavy atom. The molecule has 0 bridgehead atoms. The van der Waals surface area contributed by atoms with Gasteiger partial charge in [0, 0.05) is 12.3 Å². The second-order valence-corrected chi connectivity index (χ2v) is 15.8. The molecule has 14 heteroatoms. The first-order chi connectivity index (χ1) is 24.5. The fourth-order valence-electron chi connectivity index (χ4n) is 5.98. The van der Waals surface area contributed by atoms with Gasteiger partial charge < -0.3 is 24.1 Å². The number of aliphatic hydroxyl groups is 1. The number of phosphoric ester groups is 1. The lowest BCUT2D eigenvalue weighted by Gasteiger charge is -2.37. The maximum Gasteiger partial charge on any atom is 0.476 e. The Balaban J connectivity index is 1.60. The number of H-pyrrole nitrogens is 1. The van der Waals surface area contributed by atoms with Crippen LogP contribution in [0.15, 0.2) is 101 Å². The van der Waals surface area contributed by atoms with E-state index in [2.05, 4.69) is 4.98 Å². The lowest BCUT2D eigenvalue weighted by Crippen LogP contribution is -2.41. The molecule has 0 spiro atoms. The standard InChI is InChI=1S/C38H47N2O11P/c1-36(2,3)50-52(44,51-37(4,5)6)49-33-32(42)30(48-34(33)40-23-22-31(41)39-35(40)43)24-47-38(25-12-10-9-11-13-25,26-14-18-28(45-7)19-15-26)27-16-20-29(46-8)21-17-27/h9-23,30,32-34,42H,24H2,1-8H3,(H,39,41,43)/t30-,32-,33-,34-/m1/s1. The van der Waals surface area contributed by atoms with Crippen molar-refractivity contribution in [3.63, 3.8) is 0 Å². The maximum absolute atomic E-state index is 14.3. The number of phosphoric acid groups is 1. The summed E-state index contributed by atoms with van der Waals surface area (Å²) in [5.74, 6) is 1.28. The molecule has 2 N–H and O–H groups in total. The van der Waals surface area contributed by atoms with Gasteiger partial charge in [0.25, 0.3) is 5.56 Å². The summed E-state index contributed by atoms with van der Waals surface area (Å²) < 4.78 is 57.3. The Hall–Kier alpha value is -4.07. The Bertz CT molecular complexity index is 1880. The molecule has 2 heterocycles. The first-order valence-electron chi connectivity index (χ1n) is 16.8. The van der Waals surface area contributed by atoms with E-state index < -0.39 is 60.4 Å². The zero-order valence-electron chi connectivity index (χ0n) is 30.6. The minimum Gasteiger partial charge on any atom is -0.497 e. The molecule has 3 aromatic carbocycles. The van der Waals surface area contributed by atoms with Gasteiger partial charge >= 0.3 is 13.5 Å². The van der Waals surface area contributed by atoms with E-state index in [1.165, 1.54) is 6.20 Å². The minimum absolute atomic E-state index is 0.257. The van der Waals surface area contributed by atoms with Crippen molar-refractivity contribution in [1.29, 1.82) is 0 Å². The topological polar surface area (TPSA) is 157 Å². The summed E-state index contributed by atoms with van der Waals surface area (Å²) in [5.41, 5.74) is -2.50. The molecule has 1 fully saturated rings. The third kappa shape index (κ3) is 8.92. The normalized spacial score (nSPS) is 19.8.